The van der Waals surface area contributed by atoms with Crippen LogP contribution in [-0.4, -0.2) is 15.9 Å². The Morgan fingerprint density at radius 3 is 2.56 bits per heavy atom. The minimum absolute atomic E-state index is 0.238. The molecule has 0 aliphatic carbocycles. The predicted molar refractivity (Wildman–Crippen MR) is 99.9 cm³/mol. The molecule has 0 aliphatic rings. The van der Waals surface area contributed by atoms with Crippen LogP contribution in [0.4, 0.5) is 11.5 Å². The lowest BCUT2D eigenvalue weighted by Crippen LogP contribution is -2.14. The minimum Gasteiger partial charge on any atom is -0.365 e. The fourth-order valence-corrected chi connectivity index (χ4v) is 2.37. The first kappa shape index (κ1) is 16.9. The van der Waals surface area contributed by atoms with E-state index in [1.54, 1.807) is 18.3 Å². The van der Waals surface area contributed by atoms with Crippen molar-refractivity contribution in [2.24, 2.45) is 0 Å². The molecule has 1 aromatic heterocycles. The van der Waals surface area contributed by atoms with Crippen LogP contribution in [-0.2, 0) is 6.54 Å². The van der Waals surface area contributed by atoms with E-state index in [4.69, 9.17) is 11.6 Å². The molecule has 2 N–H and O–H groups in total. The topological polar surface area (TPSA) is 66.9 Å². The summed E-state index contributed by atoms with van der Waals surface area (Å²) in [6.07, 6.45) is 2.98. The molecule has 6 heteroatoms. The third-order valence-corrected chi connectivity index (χ3v) is 4.04. The SMILES string of the molecule is Cc1ccc(NC(=O)c2cnc(NCc3ccccc3)cn2)cc1Cl. The first-order chi connectivity index (χ1) is 12.1. The van der Waals surface area contributed by atoms with Gasteiger partial charge in [-0.2, -0.15) is 0 Å². The van der Waals surface area contributed by atoms with E-state index in [2.05, 4.69) is 20.6 Å². The number of carbonyl (C=O) groups excluding carboxylic acids is 1. The molecule has 2 aromatic carbocycles. The number of nitrogens with zero attached hydrogens (tertiary/aromatic N) is 2. The quantitative estimate of drug-likeness (QED) is 0.718. The van der Waals surface area contributed by atoms with Crippen molar-refractivity contribution in [2.75, 3.05) is 10.6 Å². The van der Waals surface area contributed by atoms with Crippen LogP contribution in [0.5, 0.6) is 0 Å². The van der Waals surface area contributed by atoms with Gasteiger partial charge >= 0.3 is 0 Å². The molecule has 0 radical (unpaired) electrons. The zero-order valence-electron chi connectivity index (χ0n) is 13.7. The first-order valence-electron chi connectivity index (χ1n) is 7.79. The molecule has 0 aliphatic heterocycles. The molecule has 0 atom stereocenters. The van der Waals surface area contributed by atoms with Gasteiger partial charge in [-0.15, -0.1) is 0 Å². The van der Waals surface area contributed by atoms with Gasteiger partial charge in [0.25, 0.3) is 5.91 Å². The zero-order chi connectivity index (χ0) is 17.6. The second-order valence-corrected chi connectivity index (χ2v) is 5.95. The van der Waals surface area contributed by atoms with E-state index in [9.17, 15) is 4.79 Å². The van der Waals surface area contributed by atoms with Crippen molar-refractivity contribution in [1.82, 2.24) is 9.97 Å². The van der Waals surface area contributed by atoms with E-state index in [-0.39, 0.29) is 11.6 Å². The fraction of sp³-hybridized carbons (Fsp3) is 0.105. The maximum absolute atomic E-state index is 12.2. The highest BCUT2D eigenvalue weighted by Crippen LogP contribution is 2.20. The lowest BCUT2D eigenvalue weighted by molar-refractivity contribution is 0.102. The van der Waals surface area contributed by atoms with E-state index in [0.29, 0.717) is 23.1 Å². The first-order valence-corrected chi connectivity index (χ1v) is 8.17. The highest BCUT2D eigenvalue weighted by molar-refractivity contribution is 6.31. The van der Waals surface area contributed by atoms with Crippen molar-refractivity contribution in [2.45, 2.75) is 13.5 Å². The molecule has 25 heavy (non-hydrogen) atoms. The average Bonchev–Trinajstić information content (AvgIpc) is 2.64. The summed E-state index contributed by atoms with van der Waals surface area (Å²) in [4.78, 5) is 20.6. The Hall–Kier alpha value is -2.92. The van der Waals surface area contributed by atoms with Gasteiger partial charge in [0.05, 0.1) is 12.4 Å². The minimum atomic E-state index is -0.331. The maximum atomic E-state index is 12.2. The number of anilines is 2. The summed E-state index contributed by atoms with van der Waals surface area (Å²) in [5, 5.41) is 6.53. The summed E-state index contributed by atoms with van der Waals surface area (Å²) in [7, 11) is 0. The number of carbonyl (C=O) groups is 1. The van der Waals surface area contributed by atoms with Crippen molar-refractivity contribution >= 4 is 29.0 Å². The normalized spacial score (nSPS) is 10.3. The summed E-state index contributed by atoms with van der Waals surface area (Å²) in [6.45, 7) is 2.55. The van der Waals surface area contributed by atoms with Gasteiger partial charge in [-0.25, -0.2) is 9.97 Å². The van der Waals surface area contributed by atoms with Gasteiger partial charge in [0, 0.05) is 17.3 Å². The molecular weight excluding hydrogens is 336 g/mol. The van der Waals surface area contributed by atoms with E-state index in [0.717, 1.165) is 11.1 Å². The van der Waals surface area contributed by atoms with Gasteiger partial charge in [0.15, 0.2) is 0 Å². The number of rotatable bonds is 5. The van der Waals surface area contributed by atoms with Crippen LogP contribution in [0.3, 0.4) is 0 Å². The second-order valence-electron chi connectivity index (χ2n) is 5.54. The van der Waals surface area contributed by atoms with Gasteiger partial charge in [-0.05, 0) is 30.2 Å². The van der Waals surface area contributed by atoms with Gasteiger partial charge in [-0.1, -0.05) is 48.0 Å². The standard InChI is InChI=1S/C19H17ClN4O/c1-13-7-8-15(9-16(13)20)24-19(25)17-11-23-18(12-21-17)22-10-14-5-3-2-4-6-14/h2-9,11-12H,10H2,1H3,(H,22,23)(H,24,25). The molecule has 1 heterocycles. The van der Waals surface area contributed by atoms with Gasteiger partial charge in [-0.3, -0.25) is 4.79 Å². The molecule has 0 spiro atoms. The number of amides is 1. The van der Waals surface area contributed by atoms with Crippen LogP contribution >= 0.6 is 11.6 Å². The Bertz CT molecular complexity index is 866. The summed E-state index contributed by atoms with van der Waals surface area (Å²) in [5.41, 5.74) is 2.95. The van der Waals surface area contributed by atoms with Crippen LogP contribution in [0.2, 0.25) is 5.02 Å². The van der Waals surface area contributed by atoms with E-state index in [1.165, 1.54) is 6.20 Å². The van der Waals surface area contributed by atoms with E-state index < -0.39 is 0 Å². The Kier molecular flexibility index (Phi) is 5.26. The number of aryl methyl sites for hydroxylation is 1. The van der Waals surface area contributed by atoms with Crippen LogP contribution in [0, 0.1) is 6.92 Å². The number of aromatic nitrogens is 2. The molecule has 3 aromatic rings. The van der Waals surface area contributed by atoms with Crippen molar-refractivity contribution in [3.8, 4) is 0 Å². The Balaban J connectivity index is 1.61. The summed E-state index contributed by atoms with van der Waals surface area (Å²) in [5.74, 6) is 0.279. The molecule has 0 unspecified atom stereocenters. The predicted octanol–water partition coefficient (Wildman–Crippen LogP) is 4.30. The summed E-state index contributed by atoms with van der Waals surface area (Å²) >= 11 is 6.06. The molecule has 0 bridgehead atoms. The zero-order valence-corrected chi connectivity index (χ0v) is 14.4. The van der Waals surface area contributed by atoms with Crippen LogP contribution in [0.25, 0.3) is 0 Å². The largest absolute Gasteiger partial charge is 0.365 e. The highest BCUT2D eigenvalue weighted by Gasteiger charge is 2.09. The highest BCUT2D eigenvalue weighted by atomic mass is 35.5. The fourth-order valence-electron chi connectivity index (χ4n) is 2.19. The number of hydrogen-bond donors (Lipinski definition) is 2. The average molecular weight is 353 g/mol. The van der Waals surface area contributed by atoms with Gasteiger partial charge in [0.2, 0.25) is 0 Å². The Morgan fingerprint density at radius 1 is 1.08 bits per heavy atom. The molecule has 0 fully saturated rings. The van der Waals surface area contributed by atoms with Crippen LogP contribution in [0.15, 0.2) is 60.9 Å². The molecule has 126 valence electrons. The van der Waals surface area contributed by atoms with Gasteiger partial charge < -0.3 is 10.6 Å². The number of halogens is 1. The Morgan fingerprint density at radius 2 is 1.88 bits per heavy atom. The van der Waals surface area contributed by atoms with E-state index in [1.807, 2.05) is 43.3 Å². The Labute approximate surface area is 151 Å². The van der Waals surface area contributed by atoms with Crippen molar-refractivity contribution in [1.29, 1.82) is 0 Å². The molecule has 3 rings (SSSR count). The van der Waals surface area contributed by atoms with Crippen molar-refractivity contribution < 1.29 is 4.79 Å². The maximum Gasteiger partial charge on any atom is 0.275 e. The smallest absolute Gasteiger partial charge is 0.275 e. The van der Waals surface area contributed by atoms with E-state index >= 15 is 0 Å². The number of benzene rings is 2. The van der Waals surface area contributed by atoms with Gasteiger partial charge in [0.1, 0.15) is 11.5 Å². The monoisotopic (exact) mass is 352 g/mol. The summed E-state index contributed by atoms with van der Waals surface area (Å²) < 4.78 is 0. The molecule has 5 nitrogen and oxygen atoms in total. The lowest BCUT2D eigenvalue weighted by Gasteiger charge is -2.08. The van der Waals surface area contributed by atoms with Crippen molar-refractivity contribution in [3.05, 3.63) is 82.8 Å². The molecule has 0 saturated carbocycles. The van der Waals surface area contributed by atoms with Crippen LogP contribution < -0.4 is 10.6 Å². The van der Waals surface area contributed by atoms with Crippen molar-refractivity contribution in [3.63, 3.8) is 0 Å². The van der Waals surface area contributed by atoms with Crippen LogP contribution in [0.1, 0.15) is 21.6 Å². The second kappa shape index (κ2) is 7.77. The number of hydrogen-bond acceptors (Lipinski definition) is 4. The molecule has 0 saturated heterocycles. The third kappa shape index (κ3) is 4.55. The summed E-state index contributed by atoms with van der Waals surface area (Å²) in [6, 6.07) is 15.3. The number of nitrogens with one attached hydrogen (secondary N) is 2. The molecular formula is C19H17ClN4O. The molecule has 1 amide bonds. The lowest BCUT2D eigenvalue weighted by atomic mass is 10.2. The third-order valence-electron chi connectivity index (χ3n) is 3.63.